The molecule has 2 saturated carbocycles. The van der Waals surface area contributed by atoms with Crippen molar-refractivity contribution < 1.29 is 18.8 Å². The van der Waals surface area contributed by atoms with Crippen LogP contribution in [0.25, 0.3) is 16.6 Å². The van der Waals surface area contributed by atoms with Crippen molar-refractivity contribution in [1.29, 1.82) is 0 Å². The van der Waals surface area contributed by atoms with Crippen LogP contribution in [0, 0.1) is 17.7 Å². The number of carbonyl (C=O) groups excluding carboxylic acids is 3. The highest BCUT2D eigenvalue weighted by Gasteiger charge is 2.39. The van der Waals surface area contributed by atoms with Gasteiger partial charge in [0.25, 0.3) is 5.91 Å². The molecule has 2 aliphatic heterocycles. The molecule has 2 atom stereocenters. The summed E-state index contributed by atoms with van der Waals surface area (Å²) in [7, 11) is 0. The molecule has 0 spiro atoms. The Morgan fingerprint density at radius 3 is 2.54 bits per heavy atom. The van der Waals surface area contributed by atoms with Gasteiger partial charge in [-0.1, -0.05) is 6.08 Å². The van der Waals surface area contributed by atoms with E-state index in [0.29, 0.717) is 12.2 Å². The minimum absolute atomic E-state index is 0.00419. The van der Waals surface area contributed by atoms with Crippen molar-refractivity contribution in [2.24, 2.45) is 17.6 Å². The van der Waals surface area contributed by atoms with E-state index in [1.54, 1.807) is 0 Å². The fourth-order valence-electron chi connectivity index (χ4n) is 5.54. The summed E-state index contributed by atoms with van der Waals surface area (Å²) in [5.74, 6) is -0.102. The molecule has 3 fully saturated rings. The Balaban J connectivity index is 0.000000410. The summed E-state index contributed by atoms with van der Waals surface area (Å²) >= 11 is 0. The Kier molecular flexibility index (Phi) is 6.62. The van der Waals surface area contributed by atoms with Gasteiger partial charge < -0.3 is 20.9 Å². The maximum atomic E-state index is 14.3. The minimum atomic E-state index is -0.588. The van der Waals surface area contributed by atoms with Gasteiger partial charge in [-0.2, -0.15) is 0 Å². The third-order valence-corrected chi connectivity index (χ3v) is 7.93. The molecule has 5 heterocycles. The molecule has 0 aromatic carbocycles. The maximum absolute atomic E-state index is 14.3. The van der Waals surface area contributed by atoms with Gasteiger partial charge in [-0.25, -0.2) is 9.37 Å². The van der Waals surface area contributed by atoms with Gasteiger partial charge in [0, 0.05) is 35.7 Å². The molecule has 2 bridgehead atoms. The minimum Gasteiger partial charge on any atom is -0.369 e. The highest BCUT2D eigenvalue weighted by molar-refractivity contribution is 5.99. The van der Waals surface area contributed by atoms with Crippen LogP contribution >= 0.6 is 0 Å². The zero-order chi connectivity index (χ0) is 27.1. The van der Waals surface area contributed by atoms with Crippen molar-refractivity contribution in [3.63, 3.8) is 0 Å². The summed E-state index contributed by atoms with van der Waals surface area (Å²) in [5.41, 5.74) is 7.81. The quantitative estimate of drug-likeness (QED) is 0.455. The number of aromatic nitrogens is 3. The second kappa shape index (κ2) is 10.2. The summed E-state index contributed by atoms with van der Waals surface area (Å²) < 4.78 is 14.3. The Morgan fingerprint density at radius 2 is 1.87 bits per heavy atom. The molecular weight excluding hydrogens is 499 g/mol. The van der Waals surface area contributed by atoms with Crippen LogP contribution in [0.2, 0.25) is 0 Å². The van der Waals surface area contributed by atoms with Crippen molar-refractivity contribution >= 4 is 40.1 Å². The first-order valence-electron chi connectivity index (χ1n) is 13.6. The van der Waals surface area contributed by atoms with Crippen molar-refractivity contribution in [2.45, 2.75) is 63.5 Å². The largest absolute Gasteiger partial charge is 0.369 e. The highest BCUT2D eigenvalue weighted by atomic mass is 19.1. The van der Waals surface area contributed by atoms with E-state index < -0.39 is 5.82 Å². The summed E-state index contributed by atoms with van der Waals surface area (Å²) in [5, 5.41) is 3.95. The number of piperidine rings is 1. The Bertz CT molecular complexity index is 1470. The average Bonchev–Trinajstić information content (AvgIpc) is 3.84. The van der Waals surface area contributed by atoms with Crippen LogP contribution in [0.3, 0.4) is 0 Å². The van der Waals surface area contributed by atoms with Crippen LogP contribution in [-0.2, 0) is 9.59 Å². The Labute approximate surface area is 225 Å². The van der Waals surface area contributed by atoms with Gasteiger partial charge in [0.2, 0.25) is 11.8 Å². The molecule has 9 nitrogen and oxygen atoms in total. The lowest BCUT2D eigenvalue weighted by atomic mass is 9.82. The molecule has 4 N–H and O–H groups in total. The van der Waals surface area contributed by atoms with E-state index in [0.717, 1.165) is 73.3 Å². The second-order valence-corrected chi connectivity index (χ2v) is 10.9. The molecular formula is C29H31FN6O3. The lowest BCUT2D eigenvalue weighted by molar-refractivity contribution is -0.119. The van der Waals surface area contributed by atoms with Gasteiger partial charge in [0.05, 0.1) is 17.8 Å². The van der Waals surface area contributed by atoms with E-state index in [4.69, 9.17) is 5.73 Å². The summed E-state index contributed by atoms with van der Waals surface area (Å²) in [4.78, 5) is 48.9. The van der Waals surface area contributed by atoms with Crippen LogP contribution in [0.1, 0.15) is 67.3 Å². The monoisotopic (exact) mass is 530 g/mol. The molecule has 4 aliphatic rings. The Hall–Kier alpha value is -4.08. The fourth-order valence-corrected chi connectivity index (χ4v) is 5.54. The van der Waals surface area contributed by atoms with Crippen LogP contribution < -0.4 is 11.1 Å². The zero-order valence-corrected chi connectivity index (χ0v) is 21.5. The average molecular weight is 531 g/mol. The number of hydrogen-bond acceptors (Lipinski definition) is 5. The number of pyridine rings is 2. The topological polar surface area (TPSA) is 134 Å². The number of aromatic amines is 1. The molecule has 2 aliphatic carbocycles. The lowest BCUT2D eigenvalue weighted by Crippen LogP contribution is -2.51. The number of amides is 3. The number of anilines is 1. The zero-order valence-electron chi connectivity index (χ0n) is 21.5. The third-order valence-electron chi connectivity index (χ3n) is 7.93. The van der Waals surface area contributed by atoms with Gasteiger partial charge in [-0.3, -0.25) is 19.4 Å². The number of hydrogen-bond donors (Lipinski definition) is 3. The van der Waals surface area contributed by atoms with E-state index >= 15 is 0 Å². The first-order valence-corrected chi connectivity index (χ1v) is 13.6. The molecule has 0 radical (unpaired) electrons. The van der Waals surface area contributed by atoms with E-state index in [1.807, 2.05) is 23.2 Å². The summed E-state index contributed by atoms with van der Waals surface area (Å²) in [6.45, 7) is 0. The Morgan fingerprint density at radius 1 is 1.08 bits per heavy atom. The smallest absolute Gasteiger partial charge is 0.257 e. The second-order valence-electron chi connectivity index (χ2n) is 10.9. The molecule has 2 unspecified atom stereocenters. The lowest BCUT2D eigenvalue weighted by Gasteiger charge is -2.45. The van der Waals surface area contributed by atoms with Gasteiger partial charge in [0.1, 0.15) is 11.5 Å². The summed E-state index contributed by atoms with van der Waals surface area (Å²) in [6, 6.07) is 5.28. The molecule has 1 saturated heterocycles. The van der Waals surface area contributed by atoms with Gasteiger partial charge >= 0.3 is 0 Å². The predicted molar refractivity (Wildman–Crippen MR) is 144 cm³/mol. The van der Waals surface area contributed by atoms with Crippen molar-refractivity contribution in [1.82, 2.24) is 19.9 Å². The number of halogens is 1. The molecule has 3 aromatic heterocycles. The number of nitrogens with zero attached hydrogens (tertiary/aromatic N) is 3. The summed E-state index contributed by atoms with van der Waals surface area (Å²) in [6.07, 6.45) is 13.9. The molecule has 10 heteroatoms. The van der Waals surface area contributed by atoms with Crippen LogP contribution in [0.15, 0.2) is 42.9 Å². The third kappa shape index (κ3) is 5.28. The number of fused-ring (bicyclic) bond motifs is 3. The predicted octanol–water partition coefficient (Wildman–Crippen LogP) is 4.18. The van der Waals surface area contributed by atoms with Gasteiger partial charge in [-0.05, 0) is 80.7 Å². The molecule has 39 heavy (non-hydrogen) atoms. The highest BCUT2D eigenvalue weighted by Crippen LogP contribution is 2.40. The van der Waals surface area contributed by atoms with Crippen molar-refractivity contribution in [3.8, 4) is 0 Å². The molecule has 3 aromatic rings. The van der Waals surface area contributed by atoms with E-state index in [1.165, 1.54) is 12.3 Å². The van der Waals surface area contributed by atoms with E-state index in [-0.39, 0.29) is 47.2 Å². The molecule has 7 rings (SSSR count). The van der Waals surface area contributed by atoms with E-state index in [9.17, 15) is 18.8 Å². The van der Waals surface area contributed by atoms with Crippen LogP contribution in [-0.4, -0.2) is 49.7 Å². The standard InChI is InChI=1S/C25H24FN5O2.C4H7NO/c26-21-13-27-8-6-19(21)25(33)31-16-2-1-3-17(31)11-15(10-16)20-12-22(30-24(32)14-4-5-14)29-23-18(20)7-9-28-23;5-4(6)3-1-2-3/h6-10,12-14,16-17H,1-5,11H2,(H2,28,29,30,32);3H,1-2H2,(H2,5,6). The number of nitrogens with two attached hydrogens (primary N) is 1. The maximum Gasteiger partial charge on any atom is 0.257 e. The number of H-pyrrole nitrogens is 1. The molecule has 3 amide bonds. The van der Waals surface area contributed by atoms with Gasteiger partial charge in [-0.15, -0.1) is 0 Å². The van der Waals surface area contributed by atoms with Gasteiger partial charge in [0.15, 0.2) is 5.82 Å². The first kappa shape index (κ1) is 25.2. The van der Waals surface area contributed by atoms with Crippen molar-refractivity contribution in [3.05, 3.63) is 59.8 Å². The van der Waals surface area contributed by atoms with Crippen molar-refractivity contribution in [2.75, 3.05) is 5.32 Å². The number of carbonyl (C=O) groups is 3. The normalized spacial score (nSPS) is 22.0. The van der Waals surface area contributed by atoms with Crippen LogP contribution in [0.4, 0.5) is 10.2 Å². The number of primary amides is 1. The first-order chi connectivity index (χ1) is 18.9. The molecule has 202 valence electrons. The SMILES string of the molecule is NC(=O)C1CC1.O=C(Nc1cc(C2=CC3CCCC(C2)N3C(=O)c2ccncc2F)c2cc[nH]c2n1)C1CC1. The number of nitrogens with one attached hydrogen (secondary N) is 2. The van der Waals surface area contributed by atoms with Crippen LogP contribution in [0.5, 0.6) is 0 Å². The fraction of sp³-hybridized carbons (Fsp3) is 0.414. The number of rotatable bonds is 5. The van der Waals surface area contributed by atoms with E-state index in [2.05, 4.69) is 26.3 Å².